The molecule has 0 saturated heterocycles. The molecule has 2 aliphatic heterocycles. The van der Waals surface area contributed by atoms with Crippen LogP contribution in [-0.2, 0) is 0 Å². The van der Waals surface area contributed by atoms with E-state index >= 15 is 0 Å². The number of fused-ring (bicyclic) bond motifs is 9. The molecule has 0 N–H and O–H groups in total. The van der Waals surface area contributed by atoms with Gasteiger partial charge < -0.3 is 14.4 Å². The topological polar surface area (TPSA) is 21.7 Å². The van der Waals surface area contributed by atoms with Gasteiger partial charge in [-0.25, -0.2) is 0 Å². The van der Waals surface area contributed by atoms with Crippen molar-refractivity contribution < 1.29 is 9.47 Å². The van der Waals surface area contributed by atoms with Gasteiger partial charge in [0.2, 0.25) is 0 Å². The molecular weight excluding hydrogens is 755 g/mol. The Kier molecular flexibility index (Phi) is 7.73. The van der Waals surface area contributed by atoms with Crippen molar-refractivity contribution in [3.63, 3.8) is 0 Å². The zero-order valence-corrected chi connectivity index (χ0v) is 33.7. The van der Waals surface area contributed by atoms with Crippen LogP contribution in [0.2, 0.25) is 0 Å². The molecule has 2 aliphatic rings. The Morgan fingerprint density at radius 3 is 1.78 bits per heavy atom. The van der Waals surface area contributed by atoms with Crippen LogP contribution in [0.25, 0.3) is 42.4 Å². The fourth-order valence-electron chi connectivity index (χ4n) is 9.41. The van der Waals surface area contributed by atoms with Gasteiger partial charge in [0.15, 0.2) is 31.1 Å². The van der Waals surface area contributed by atoms with E-state index in [2.05, 4.69) is 193 Å². The van der Waals surface area contributed by atoms with Crippen molar-refractivity contribution in [2.45, 2.75) is 0 Å². The lowest BCUT2D eigenvalue weighted by Crippen LogP contribution is -2.72. The van der Waals surface area contributed by atoms with Crippen LogP contribution < -0.4 is 35.1 Å². The molecule has 10 aromatic rings. The Bertz CT molecular complexity index is 3220. The summed E-state index contributed by atoms with van der Waals surface area (Å²) < 4.78 is 16.0. The summed E-state index contributed by atoms with van der Waals surface area (Å²) in [4.78, 5) is 2.35. The number of hydrogen-bond donors (Lipinski definition) is 0. The van der Waals surface area contributed by atoms with Crippen molar-refractivity contribution in [2.24, 2.45) is 0 Å². The van der Waals surface area contributed by atoms with Crippen molar-refractivity contribution in [3.05, 3.63) is 212 Å². The van der Waals surface area contributed by atoms with Gasteiger partial charge in [0.1, 0.15) is 0 Å². The largest absolute Gasteiger partial charge is 0.449 e. The van der Waals surface area contributed by atoms with Crippen molar-refractivity contribution in [1.29, 1.82) is 0 Å². The average molecular weight is 790 g/mol. The summed E-state index contributed by atoms with van der Waals surface area (Å²) in [7, 11) is -2.95. The molecule has 0 amide bonds. The number of hydrogen-bond acceptors (Lipinski definition) is 4. The lowest BCUT2D eigenvalue weighted by atomic mass is 10.0. The highest BCUT2D eigenvalue weighted by Crippen LogP contribution is 2.51. The van der Waals surface area contributed by atoms with Crippen LogP contribution in [0.1, 0.15) is 0 Å². The second-order valence-corrected chi connectivity index (χ2v) is 20.0. The Hall–Kier alpha value is -7.18. The van der Waals surface area contributed by atoms with Gasteiger partial charge in [-0.2, -0.15) is 0 Å². The minimum atomic E-state index is -2.95. The van der Waals surface area contributed by atoms with Crippen LogP contribution in [0, 0.1) is 0 Å². The molecule has 0 saturated carbocycles. The van der Waals surface area contributed by atoms with Crippen LogP contribution in [0.3, 0.4) is 0 Å². The van der Waals surface area contributed by atoms with Gasteiger partial charge in [-0.1, -0.05) is 146 Å². The second-order valence-electron chi connectivity index (χ2n) is 15.2. The Balaban J connectivity index is 1.07. The highest BCUT2D eigenvalue weighted by molar-refractivity contribution is 7.26. The van der Waals surface area contributed by atoms with E-state index in [-0.39, 0.29) is 0 Å². The third-order valence-electron chi connectivity index (χ3n) is 12.0. The molecule has 1 atom stereocenters. The van der Waals surface area contributed by atoms with Crippen molar-refractivity contribution >= 4 is 77.4 Å². The summed E-state index contributed by atoms with van der Waals surface area (Å²) in [6.07, 6.45) is 0. The standard InChI is InChI=1S/C54H35NO2SSi/c1-3-13-36(14-4-1)37-23-25-39(26-24-37)55(38-15-5-2-6-16-38)40-27-29-41(30-28-40)59(42-31-32-44-43-17-7-11-21-49(43)58-50(44)35-42)51-22-12-8-18-45(51)53-52(59)34-33-48-54(53)57-47-20-10-9-19-46(47)56-48/h1-35H. The Morgan fingerprint density at radius 2 is 0.983 bits per heavy atom. The zero-order valence-electron chi connectivity index (χ0n) is 31.9. The summed E-state index contributed by atoms with van der Waals surface area (Å²) in [6, 6.07) is 76.9. The number of thiophene rings is 1. The van der Waals surface area contributed by atoms with Crippen molar-refractivity contribution in [2.75, 3.05) is 4.90 Å². The first kappa shape index (κ1) is 33.9. The molecule has 0 bridgehead atoms. The van der Waals surface area contributed by atoms with E-state index in [0.717, 1.165) is 45.6 Å². The van der Waals surface area contributed by atoms with Gasteiger partial charge in [0, 0.05) is 42.8 Å². The SMILES string of the molecule is c1ccc(-c2ccc(N(c3ccccc3)c3ccc([Si]4(c5ccc6c(c5)sc5ccccc56)c5ccccc5-c5c4ccc4c5Oc5ccccc5O4)cc3)cc2)cc1. The molecule has 0 radical (unpaired) electrons. The van der Waals surface area contributed by atoms with Crippen LogP contribution in [0.15, 0.2) is 212 Å². The molecule has 278 valence electrons. The summed E-state index contributed by atoms with van der Waals surface area (Å²) in [5, 5.41) is 7.94. The highest BCUT2D eigenvalue weighted by atomic mass is 32.1. The quantitative estimate of drug-likeness (QED) is 0.157. The first-order chi connectivity index (χ1) is 29.2. The van der Waals surface area contributed by atoms with Crippen LogP contribution >= 0.6 is 11.3 Å². The van der Waals surface area contributed by atoms with E-state index in [1.54, 1.807) is 0 Å². The maximum atomic E-state index is 6.83. The van der Waals surface area contributed by atoms with Gasteiger partial charge >= 0.3 is 0 Å². The lowest BCUT2D eigenvalue weighted by Gasteiger charge is -2.33. The van der Waals surface area contributed by atoms with E-state index in [4.69, 9.17) is 9.47 Å². The van der Waals surface area contributed by atoms with Gasteiger partial charge in [0.05, 0.1) is 0 Å². The predicted molar refractivity (Wildman–Crippen MR) is 249 cm³/mol. The predicted octanol–water partition coefficient (Wildman–Crippen LogP) is 12.4. The van der Waals surface area contributed by atoms with E-state index in [9.17, 15) is 0 Å². The summed E-state index contributed by atoms with van der Waals surface area (Å²) in [6.45, 7) is 0. The molecule has 5 heteroatoms. The number of nitrogens with zero attached hydrogens (tertiary/aromatic N) is 1. The van der Waals surface area contributed by atoms with E-state index in [0.29, 0.717) is 0 Å². The summed E-state index contributed by atoms with van der Waals surface area (Å²) in [5.41, 5.74) is 8.05. The number of para-hydroxylation sites is 3. The molecular formula is C54H35NO2SSi. The third kappa shape index (κ3) is 5.25. The molecule has 0 spiro atoms. The average Bonchev–Trinajstić information content (AvgIpc) is 3.83. The Labute approximate surface area is 347 Å². The normalized spacial score (nSPS) is 14.8. The minimum absolute atomic E-state index is 0.734. The Morgan fingerprint density at radius 1 is 0.390 bits per heavy atom. The van der Waals surface area contributed by atoms with Crippen LogP contribution in [-0.4, -0.2) is 8.07 Å². The van der Waals surface area contributed by atoms with Gasteiger partial charge in [-0.3, -0.25) is 0 Å². The third-order valence-corrected chi connectivity index (χ3v) is 18.0. The minimum Gasteiger partial charge on any atom is -0.449 e. The van der Waals surface area contributed by atoms with E-state index in [1.807, 2.05) is 35.6 Å². The van der Waals surface area contributed by atoms with Gasteiger partial charge in [-0.05, 0) is 104 Å². The van der Waals surface area contributed by atoms with Crippen LogP contribution in [0.4, 0.5) is 17.1 Å². The first-order valence-corrected chi connectivity index (χ1v) is 22.8. The molecule has 59 heavy (non-hydrogen) atoms. The summed E-state index contributed by atoms with van der Waals surface area (Å²) >= 11 is 1.88. The molecule has 0 fully saturated rings. The van der Waals surface area contributed by atoms with Crippen LogP contribution in [0.5, 0.6) is 23.0 Å². The van der Waals surface area contributed by atoms with Gasteiger partial charge in [-0.15, -0.1) is 11.3 Å². The monoisotopic (exact) mass is 789 g/mol. The maximum absolute atomic E-state index is 6.83. The second kappa shape index (κ2) is 13.5. The highest BCUT2D eigenvalue weighted by Gasteiger charge is 2.51. The first-order valence-electron chi connectivity index (χ1n) is 20.0. The lowest BCUT2D eigenvalue weighted by molar-refractivity contribution is 0.361. The van der Waals surface area contributed by atoms with Gasteiger partial charge in [0.25, 0.3) is 0 Å². The number of ether oxygens (including phenoxy) is 2. The van der Waals surface area contributed by atoms with E-state index in [1.165, 1.54) is 57.6 Å². The molecule has 9 aromatic carbocycles. The number of anilines is 3. The molecule has 3 nitrogen and oxygen atoms in total. The fourth-order valence-corrected chi connectivity index (χ4v) is 15.8. The molecule has 3 heterocycles. The van der Waals surface area contributed by atoms with Crippen molar-refractivity contribution in [1.82, 2.24) is 0 Å². The van der Waals surface area contributed by atoms with Crippen molar-refractivity contribution in [3.8, 4) is 45.3 Å². The zero-order chi connectivity index (χ0) is 38.9. The maximum Gasteiger partial charge on any atom is 0.181 e. The molecule has 0 aliphatic carbocycles. The summed E-state index contributed by atoms with van der Waals surface area (Å²) in [5.74, 6) is 3.00. The molecule has 12 rings (SSSR count). The molecule has 1 unspecified atom stereocenters. The number of benzene rings is 9. The number of rotatable bonds is 6. The fraction of sp³-hybridized carbons (Fsp3) is 0. The van der Waals surface area contributed by atoms with E-state index < -0.39 is 8.07 Å². The smallest absolute Gasteiger partial charge is 0.181 e. The molecule has 1 aromatic heterocycles.